The van der Waals surface area contributed by atoms with Crippen LogP contribution in [-0.2, 0) is 17.6 Å². The largest absolute Gasteiger partial charge is 0.481 e. The molecule has 0 fully saturated rings. The highest BCUT2D eigenvalue weighted by molar-refractivity contribution is 5.68. The molecular formula is C17H17N3O2. The Balaban J connectivity index is 1.91. The van der Waals surface area contributed by atoms with Crippen LogP contribution in [0.4, 0.5) is 0 Å². The minimum absolute atomic E-state index is 0.0628. The molecule has 1 aromatic heterocycles. The van der Waals surface area contributed by atoms with Gasteiger partial charge >= 0.3 is 5.97 Å². The smallest absolute Gasteiger partial charge is 0.303 e. The van der Waals surface area contributed by atoms with Gasteiger partial charge in [-0.05, 0) is 48.4 Å². The van der Waals surface area contributed by atoms with Gasteiger partial charge in [-0.25, -0.2) is 4.68 Å². The zero-order valence-electron chi connectivity index (χ0n) is 12.2. The molecule has 1 aliphatic carbocycles. The Morgan fingerprint density at radius 2 is 2.18 bits per heavy atom. The molecule has 0 amide bonds. The van der Waals surface area contributed by atoms with Gasteiger partial charge in [0.25, 0.3) is 0 Å². The summed E-state index contributed by atoms with van der Waals surface area (Å²) in [6.07, 6.45) is 5.20. The van der Waals surface area contributed by atoms with Crippen LogP contribution in [0.5, 0.6) is 0 Å². The number of hydrogen-bond acceptors (Lipinski definition) is 3. The Kier molecular flexibility index (Phi) is 3.92. The SMILES string of the molecule is N#CCc1ccc(-n2ncc3c2CCCC3CC(=O)O)cc1. The molecule has 0 saturated heterocycles. The van der Waals surface area contributed by atoms with E-state index in [1.807, 2.05) is 35.1 Å². The first-order valence-corrected chi connectivity index (χ1v) is 7.44. The van der Waals surface area contributed by atoms with Crippen LogP contribution in [0, 0.1) is 11.3 Å². The molecule has 5 heteroatoms. The Bertz CT molecular complexity index is 725. The number of aliphatic carboxylic acids is 1. The lowest BCUT2D eigenvalue weighted by Gasteiger charge is -2.21. The van der Waals surface area contributed by atoms with Crippen molar-refractivity contribution in [2.24, 2.45) is 0 Å². The number of nitrogens with zero attached hydrogens (tertiary/aromatic N) is 3. The molecule has 3 rings (SSSR count). The third-order valence-corrected chi connectivity index (χ3v) is 4.19. The van der Waals surface area contributed by atoms with Crippen LogP contribution in [-0.4, -0.2) is 20.9 Å². The summed E-state index contributed by atoms with van der Waals surface area (Å²) in [6.45, 7) is 0. The quantitative estimate of drug-likeness (QED) is 0.940. The van der Waals surface area contributed by atoms with Gasteiger partial charge in [0.15, 0.2) is 0 Å². The fraction of sp³-hybridized carbons (Fsp3) is 0.353. The average Bonchev–Trinajstić information content (AvgIpc) is 2.93. The van der Waals surface area contributed by atoms with Crippen molar-refractivity contribution in [3.05, 3.63) is 47.3 Å². The zero-order chi connectivity index (χ0) is 15.5. The molecule has 1 N–H and O–H groups in total. The summed E-state index contributed by atoms with van der Waals surface area (Å²) in [4.78, 5) is 11.0. The van der Waals surface area contributed by atoms with E-state index < -0.39 is 5.97 Å². The summed E-state index contributed by atoms with van der Waals surface area (Å²) in [6, 6.07) is 9.92. The average molecular weight is 295 g/mol. The maximum atomic E-state index is 11.0. The number of carboxylic acid groups (broad SMARTS) is 1. The van der Waals surface area contributed by atoms with Crippen LogP contribution in [0.3, 0.4) is 0 Å². The van der Waals surface area contributed by atoms with E-state index in [0.717, 1.165) is 41.8 Å². The van der Waals surface area contributed by atoms with E-state index in [-0.39, 0.29) is 12.3 Å². The molecule has 112 valence electrons. The van der Waals surface area contributed by atoms with Gasteiger partial charge in [0, 0.05) is 5.69 Å². The Morgan fingerprint density at radius 3 is 2.86 bits per heavy atom. The molecule has 0 bridgehead atoms. The van der Waals surface area contributed by atoms with Crippen molar-refractivity contribution >= 4 is 5.97 Å². The zero-order valence-corrected chi connectivity index (χ0v) is 12.2. The van der Waals surface area contributed by atoms with Gasteiger partial charge in [0.1, 0.15) is 0 Å². The van der Waals surface area contributed by atoms with Gasteiger partial charge in [-0.3, -0.25) is 4.79 Å². The first-order valence-electron chi connectivity index (χ1n) is 7.44. The second kappa shape index (κ2) is 6.02. The summed E-state index contributed by atoms with van der Waals surface area (Å²) < 4.78 is 1.90. The molecule has 2 aromatic rings. The van der Waals surface area contributed by atoms with Crippen molar-refractivity contribution in [3.63, 3.8) is 0 Å². The van der Waals surface area contributed by atoms with Gasteiger partial charge in [0.2, 0.25) is 0 Å². The van der Waals surface area contributed by atoms with E-state index in [4.69, 9.17) is 10.4 Å². The predicted molar refractivity (Wildman–Crippen MR) is 80.8 cm³/mol. The monoisotopic (exact) mass is 295 g/mol. The number of carbonyl (C=O) groups is 1. The molecule has 5 nitrogen and oxygen atoms in total. The molecule has 22 heavy (non-hydrogen) atoms. The van der Waals surface area contributed by atoms with E-state index in [0.29, 0.717) is 6.42 Å². The molecule has 1 aliphatic rings. The molecular weight excluding hydrogens is 278 g/mol. The molecule has 1 unspecified atom stereocenters. The van der Waals surface area contributed by atoms with E-state index in [1.54, 1.807) is 0 Å². The highest BCUT2D eigenvalue weighted by atomic mass is 16.4. The fourth-order valence-electron chi connectivity index (χ4n) is 3.14. The van der Waals surface area contributed by atoms with Crippen LogP contribution in [0.2, 0.25) is 0 Å². The summed E-state index contributed by atoms with van der Waals surface area (Å²) in [5, 5.41) is 22.2. The topological polar surface area (TPSA) is 78.9 Å². The highest BCUT2D eigenvalue weighted by Gasteiger charge is 2.26. The van der Waals surface area contributed by atoms with Crippen LogP contribution >= 0.6 is 0 Å². The Hall–Kier alpha value is -2.61. The van der Waals surface area contributed by atoms with Gasteiger partial charge < -0.3 is 5.11 Å². The van der Waals surface area contributed by atoms with Crippen LogP contribution in [0.25, 0.3) is 5.69 Å². The summed E-state index contributed by atoms with van der Waals surface area (Å²) in [5.41, 5.74) is 4.12. The fourth-order valence-corrected chi connectivity index (χ4v) is 3.14. The van der Waals surface area contributed by atoms with E-state index in [9.17, 15) is 4.79 Å². The minimum Gasteiger partial charge on any atom is -0.481 e. The normalized spacial score (nSPS) is 16.8. The van der Waals surface area contributed by atoms with Gasteiger partial charge in [0.05, 0.1) is 30.8 Å². The number of fused-ring (bicyclic) bond motifs is 1. The molecule has 0 radical (unpaired) electrons. The second-order valence-electron chi connectivity index (χ2n) is 5.65. The third-order valence-electron chi connectivity index (χ3n) is 4.19. The van der Waals surface area contributed by atoms with Crippen molar-refractivity contribution in [2.75, 3.05) is 0 Å². The molecule has 0 spiro atoms. The van der Waals surface area contributed by atoms with Gasteiger partial charge in [-0.15, -0.1) is 0 Å². The highest BCUT2D eigenvalue weighted by Crippen LogP contribution is 2.34. The number of carboxylic acids is 1. The van der Waals surface area contributed by atoms with Crippen molar-refractivity contribution < 1.29 is 9.90 Å². The first kappa shape index (κ1) is 14.3. The number of benzene rings is 1. The standard InChI is InChI=1S/C17H17N3O2/c18-9-8-12-4-6-14(7-5-12)20-16-3-1-2-13(10-17(21)22)15(16)11-19-20/h4-7,11,13H,1-3,8,10H2,(H,21,22). The maximum absolute atomic E-state index is 11.0. The van der Waals surface area contributed by atoms with Crippen LogP contribution in [0.15, 0.2) is 30.5 Å². The predicted octanol–water partition coefficient (Wildman–Crippen LogP) is 2.83. The Morgan fingerprint density at radius 1 is 1.41 bits per heavy atom. The Labute approximate surface area is 128 Å². The lowest BCUT2D eigenvalue weighted by molar-refractivity contribution is -0.137. The van der Waals surface area contributed by atoms with Crippen LogP contribution in [0.1, 0.15) is 42.0 Å². The van der Waals surface area contributed by atoms with Crippen molar-refractivity contribution in [1.29, 1.82) is 5.26 Å². The molecule has 0 saturated carbocycles. The van der Waals surface area contributed by atoms with Crippen molar-refractivity contribution in [2.45, 2.75) is 38.0 Å². The number of hydrogen-bond donors (Lipinski definition) is 1. The van der Waals surface area contributed by atoms with Crippen molar-refractivity contribution in [1.82, 2.24) is 9.78 Å². The molecule has 1 aromatic carbocycles. The summed E-state index contributed by atoms with van der Waals surface area (Å²) in [7, 11) is 0. The van der Waals surface area contributed by atoms with E-state index in [2.05, 4.69) is 11.2 Å². The summed E-state index contributed by atoms with van der Waals surface area (Å²) in [5.74, 6) is -0.695. The van der Waals surface area contributed by atoms with Crippen LogP contribution < -0.4 is 0 Å². The minimum atomic E-state index is -0.758. The first-order chi connectivity index (χ1) is 10.7. The van der Waals surface area contributed by atoms with E-state index in [1.165, 1.54) is 0 Å². The van der Waals surface area contributed by atoms with E-state index >= 15 is 0 Å². The van der Waals surface area contributed by atoms with Gasteiger partial charge in [-0.2, -0.15) is 10.4 Å². The van der Waals surface area contributed by atoms with Gasteiger partial charge in [-0.1, -0.05) is 12.1 Å². The maximum Gasteiger partial charge on any atom is 0.303 e. The number of aromatic nitrogens is 2. The lowest BCUT2D eigenvalue weighted by Crippen LogP contribution is -2.14. The molecule has 0 aliphatic heterocycles. The van der Waals surface area contributed by atoms with Crippen molar-refractivity contribution in [3.8, 4) is 11.8 Å². The lowest BCUT2D eigenvalue weighted by atomic mass is 9.85. The number of rotatable bonds is 4. The summed E-state index contributed by atoms with van der Waals surface area (Å²) >= 11 is 0. The molecule has 1 atom stereocenters. The molecule has 1 heterocycles. The number of nitriles is 1. The second-order valence-corrected chi connectivity index (χ2v) is 5.65. The third kappa shape index (κ3) is 2.73.